The van der Waals surface area contributed by atoms with E-state index in [4.69, 9.17) is 10.5 Å². The molecule has 2 heterocycles. The lowest BCUT2D eigenvalue weighted by Gasteiger charge is -2.36. The quantitative estimate of drug-likeness (QED) is 0.258. The Bertz CT molecular complexity index is 1270. The summed E-state index contributed by atoms with van der Waals surface area (Å²) < 4.78 is 59.9. The van der Waals surface area contributed by atoms with Gasteiger partial charge in [-0.3, -0.25) is 9.89 Å². The lowest BCUT2D eigenvalue weighted by molar-refractivity contribution is -0.0498. The summed E-state index contributed by atoms with van der Waals surface area (Å²) in [7, 11) is 1.59. The number of halogens is 4. The predicted octanol–water partition coefficient (Wildman–Crippen LogP) is 5.24. The van der Waals surface area contributed by atoms with Crippen LogP contribution in [0.1, 0.15) is 11.1 Å². The number of rotatable bonds is 8. The molecule has 188 valence electrons. The van der Waals surface area contributed by atoms with Gasteiger partial charge in [-0.15, -0.1) is 0 Å². The Morgan fingerprint density at radius 1 is 1.08 bits per heavy atom. The van der Waals surface area contributed by atoms with Crippen molar-refractivity contribution in [2.24, 2.45) is 4.99 Å². The van der Waals surface area contributed by atoms with Crippen LogP contribution in [0.3, 0.4) is 0 Å². The molecule has 4 rings (SSSR count). The van der Waals surface area contributed by atoms with Crippen molar-refractivity contribution < 1.29 is 31.8 Å². The molecule has 8 nitrogen and oxygen atoms in total. The Hall–Kier alpha value is -4.35. The van der Waals surface area contributed by atoms with E-state index in [1.165, 1.54) is 40.1 Å². The van der Waals surface area contributed by atoms with Crippen molar-refractivity contribution in [1.29, 1.82) is 0 Å². The second-order valence-corrected chi connectivity index (χ2v) is 7.61. The van der Waals surface area contributed by atoms with Gasteiger partial charge < -0.3 is 15.2 Å². The van der Waals surface area contributed by atoms with E-state index in [0.29, 0.717) is 22.5 Å². The number of urea groups is 1. The van der Waals surface area contributed by atoms with E-state index >= 15 is 0 Å². The zero-order chi connectivity index (χ0) is 25.8. The first-order chi connectivity index (χ1) is 17.3. The van der Waals surface area contributed by atoms with Crippen LogP contribution in [0.4, 0.5) is 45.2 Å². The van der Waals surface area contributed by atoms with Gasteiger partial charge in [-0.1, -0.05) is 0 Å². The third-order valence-electron chi connectivity index (χ3n) is 5.22. The van der Waals surface area contributed by atoms with Crippen LogP contribution >= 0.6 is 0 Å². The number of anilines is 4. The number of fused-ring (bicyclic) bond motifs is 1. The first-order valence-electron chi connectivity index (χ1n) is 10.7. The molecule has 2 aromatic carbocycles. The summed E-state index contributed by atoms with van der Waals surface area (Å²) in [5.41, 5.74) is 8.49. The number of aromatic nitrogens is 1. The minimum Gasteiger partial charge on any atom is -0.472 e. The van der Waals surface area contributed by atoms with E-state index < -0.39 is 25.7 Å². The van der Waals surface area contributed by atoms with Crippen LogP contribution in [0.2, 0.25) is 0 Å². The first kappa shape index (κ1) is 24.8. The average molecular weight is 503 g/mol. The predicted molar refractivity (Wildman–Crippen MR) is 127 cm³/mol. The van der Waals surface area contributed by atoms with E-state index in [1.807, 2.05) is 0 Å². The largest absolute Gasteiger partial charge is 0.472 e. The molecule has 36 heavy (non-hydrogen) atoms. The summed E-state index contributed by atoms with van der Waals surface area (Å²) >= 11 is 0. The van der Waals surface area contributed by atoms with Crippen molar-refractivity contribution in [3.8, 4) is 11.6 Å². The average Bonchev–Trinajstić information content (AvgIpc) is 2.84. The molecule has 1 aliphatic heterocycles. The maximum absolute atomic E-state index is 13.7. The number of aliphatic imine (C=N–C) groups is 1. The summed E-state index contributed by atoms with van der Waals surface area (Å²) in [5, 5.41) is 0. The fourth-order valence-electron chi connectivity index (χ4n) is 3.65. The van der Waals surface area contributed by atoms with Gasteiger partial charge in [0.2, 0.25) is 5.88 Å². The SMILES string of the molecule is CN=Cc1cc(N2Cc3ccc(OCC(F)F)nc3N(c3ccc(OC(F)F)cc3)C2=O)ccc1N. The molecule has 0 spiro atoms. The van der Waals surface area contributed by atoms with E-state index in [2.05, 4.69) is 14.7 Å². The molecular weight excluding hydrogens is 482 g/mol. The van der Waals surface area contributed by atoms with Gasteiger partial charge in [-0.2, -0.15) is 13.8 Å². The van der Waals surface area contributed by atoms with Crippen molar-refractivity contribution in [3.63, 3.8) is 0 Å². The van der Waals surface area contributed by atoms with Gasteiger partial charge in [-0.25, -0.2) is 18.5 Å². The molecule has 1 aliphatic rings. The molecular formula is C24H21F4N5O3. The molecule has 3 aromatic rings. The first-order valence-corrected chi connectivity index (χ1v) is 10.7. The van der Waals surface area contributed by atoms with E-state index in [0.717, 1.165) is 0 Å². The number of benzene rings is 2. The van der Waals surface area contributed by atoms with Gasteiger partial charge in [0.1, 0.15) is 11.6 Å². The molecule has 0 fully saturated rings. The number of nitrogens with two attached hydrogens (primary N) is 1. The van der Waals surface area contributed by atoms with E-state index in [-0.39, 0.29) is 29.7 Å². The summed E-state index contributed by atoms with van der Waals surface area (Å²) in [5.74, 6) is -0.0255. The number of alkyl halides is 4. The summed E-state index contributed by atoms with van der Waals surface area (Å²) in [6, 6.07) is 13.0. The minimum atomic E-state index is -3.01. The van der Waals surface area contributed by atoms with Crippen molar-refractivity contribution in [1.82, 2.24) is 4.98 Å². The van der Waals surface area contributed by atoms with Crippen LogP contribution in [-0.4, -0.2) is 43.9 Å². The Kier molecular flexibility index (Phi) is 7.23. The van der Waals surface area contributed by atoms with Gasteiger partial charge in [-0.05, 0) is 48.5 Å². The van der Waals surface area contributed by atoms with Crippen molar-refractivity contribution in [3.05, 3.63) is 65.7 Å². The highest BCUT2D eigenvalue weighted by molar-refractivity contribution is 6.10. The second-order valence-electron chi connectivity index (χ2n) is 7.61. The number of amides is 2. The number of hydrogen-bond donors (Lipinski definition) is 1. The topological polar surface area (TPSA) is 93.3 Å². The number of nitrogens with zero attached hydrogens (tertiary/aromatic N) is 4. The zero-order valence-corrected chi connectivity index (χ0v) is 18.9. The van der Waals surface area contributed by atoms with Crippen LogP contribution < -0.4 is 25.0 Å². The molecule has 0 saturated carbocycles. The lowest BCUT2D eigenvalue weighted by atomic mass is 10.1. The monoisotopic (exact) mass is 503 g/mol. The highest BCUT2D eigenvalue weighted by Crippen LogP contribution is 2.38. The Labute approximate surface area is 203 Å². The maximum atomic E-state index is 13.7. The molecule has 2 N–H and O–H groups in total. The van der Waals surface area contributed by atoms with Crippen molar-refractivity contribution in [2.45, 2.75) is 19.6 Å². The standard InChI is InChI=1S/C24H21F4N5O3/c1-30-11-15-10-17(5-8-19(15)29)32-12-14-2-9-21(35-13-20(25)26)31-22(14)33(24(32)34)16-3-6-18(7-4-16)36-23(27)28/h2-11,20,23H,12-13,29H2,1H3. The van der Waals surface area contributed by atoms with Gasteiger partial charge in [0.25, 0.3) is 6.43 Å². The molecule has 0 atom stereocenters. The van der Waals surface area contributed by atoms with Gasteiger partial charge >= 0.3 is 12.6 Å². The Morgan fingerprint density at radius 2 is 1.81 bits per heavy atom. The molecule has 0 bridgehead atoms. The molecule has 12 heteroatoms. The molecule has 1 aromatic heterocycles. The van der Waals surface area contributed by atoms with Gasteiger partial charge in [0, 0.05) is 41.8 Å². The van der Waals surface area contributed by atoms with Crippen LogP contribution in [-0.2, 0) is 6.54 Å². The Morgan fingerprint density at radius 3 is 2.47 bits per heavy atom. The number of hydrogen-bond acceptors (Lipinski definition) is 6. The number of pyridine rings is 1. The van der Waals surface area contributed by atoms with Gasteiger partial charge in [0.15, 0.2) is 6.61 Å². The zero-order valence-electron chi connectivity index (χ0n) is 18.9. The summed E-state index contributed by atoms with van der Waals surface area (Å²) in [6.07, 6.45) is -1.14. The molecule has 0 radical (unpaired) electrons. The third kappa shape index (κ3) is 5.32. The number of carbonyl (C=O) groups is 1. The number of ether oxygens (including phenoxy) is 2. The van der Waals surface area contributed by atoms with Crippen LogP contribution in [0, 0.1) is 0 Å². The van der Waals surface area contributed by atoms with Crippen LogP contribution in [0.5, 0.6) is 11.6 Å². The van der Waals surface area contributed by atoms with Gasteiger partial charge in [0.05, 0.1) is 12.2 Å². The fraction of sp³-hybridized carbons (Fsp3) is 0.208. The Balaban J connectivity index is 1.77. The second kappa shape index (κ2) is 10.5. The normalized spacial score (nSPS) is 13.6. The molecule has 2 amide bonds. The van der Waals surface area contributed by atoms with E-state index in [9.17, 15) is 22.4 Å². The number of nitrogen functional groups attached to an aromatic ring is 1. The molecule has 0 aliphatic carbocycles. The molecule has 0 unspecified atom stereocenters. The van der Waals surface area contributed by atoms with E-state index in [1.54, 1.807) is 37.5 Å². The molecule has 0 saturated heterocycles. The van der Waals surface area contributed by atoms with Crippen LogP contribution in [0.25, 0.3) is 0 Å². The summed E-state index contributed by atoms with van der Waals surface area (Å²) in [6.45, 7) is -3.75. The van der Waals surface area contributed by atoms with Crippen LogP contribution in [0.15, 0.2) is 59.6 Å². The van der Waals surface area contributed by atoms with Crippen molar-refractivity contribution in [2.75, 3.05) is 29.2 Å². The fourth-order valence-corrected chi connectivity index (χ4v) is 3.65. The van der Waals surface area contributed by atoms with Crippen molar-refractivity contribution >= 4 is 35.1 Å². The summed E-state index contributed by atoms with van der Waals surface area (Å²) in [4.78, 5) is 24.7. The highest BCUT2D eigenvalue weighted by atomic mass is 19.3. The smallest absolute Gasteiger partial charge is 0.387 e. The number of carbonyl (C=O) groups excluding carboxylic acids is 1. The highest BCUT2D eigenvalue weighted by Gasteiger charge is 2.34. The minimum absolute atomic E-state index is 0.0908. The lowest BCUT2D eigenvalue weighted by Crippen LogP contribution is -2.45. The third-order valence-corrected chi connectivity index (χ3v) is 5.22. The maximum Gasteiger partial charge on any atom is 0.387 e.